The fourth-order valence-corrected chi connectivity index (χ4v) is 2.44. The molecule has 0 fully saturated rings. The summed E-state index contributed by atoms with van der Waals surface area (Å²) in [6, 6.07) is 7.23. The van der Waals surface area contributed by atoms with Gasteiger partial charge < -0.3 is 4.74 Å². The standard InChI is InChI=1S/C14H16N2O2S/c1-4-12-14(19-16-15-12)13(17)10-6-5-7-11(8-10)18-9(2)3/h5-9H,4H2,1-3H3. The Morgan fingerprint density at radius 3 is 2.89 bits per heavy atom. The molecule has 0 amide bonds. The molecule has 1 heterocycles. The molecule has 0 aliphatic carbocycles. The minimum absolute atomic E-state index is 0.0407. The van der Waals surface area contributed by atoms with Gasteiger partial charge in [-0.2, -0.15) is 0 Å². The van der Waals surface area contributed by atoms with Gasteiger partial charge in [-0.25, -0.2) is 0 Å². The molecule has 0 atom stereocenters. The van der Waals surface area contributed by atoms with Gasteiger partial charge in [0.05, 0.1) is 11.8 Å². The van der Waals surface area contributed by atoms with Crippen LogP contribution in [0.5, 0.6) is 5.75 Å². The highest BCUT2D eigenvalue weighted by atomic mass is 32.1. The highest BCUT2D eigenvalue weighted by molar-refractivity contribution is 7.08. The first-order valence-electron chi connectivity index (χ1n) is 6.24. The van der Waals surface area contributed by atoms with E-state index in [9.17, 15) is 4.79 Å². The van der Waals surface area contributed by atoms with Crippen molar-refractivity contribution in [2.45, 2.75) is 33.3 Å². The van der Waals surface area contributed by atoms with E-state index in [2.05, 4.69) is 9.59 Å². The summed E-state index contributed by atoms with van der Waals surface area (Å²) in [4.78, 5) is 13.0. The van der Waals surface area contributed by atoms with Crippen molar-refractivity contribution in [3.8, 4) is 5.75 Å². The van der Waals surface area contributed by atoms with Crippen molar-refractivity contribution in [2.24, 2.45) is 0 Å². The molecular formula is C14H16N2O2S. The van der Waals surface area contributed by atoms with Crippen LogP contribution in [0.15, 0.2) is 24.3 Å². The molecule has 1 aromatic heterocycles. The molecule has 0 bridgehead atoms. The molecule has 1 aromatic carbocycles. The number of ether oxygens (including phenoxy) is 1. The third-order valence-electron chi connectivity index (χ3n) is 2.56. The summed E-state index contributed by atoms with van der Waals surface area (Å²) in [5.74, 6) is 0.664. The number of hydrogen-bond donors (Lipinski definition) is 0. The van der Waals surface area contributed by atoms with Crippen molar-refractivity contribution >= 4 is 17.3 Å². The van der Waals surface area contributed by atoms with Gasteiger partial charge in [0, 0.05) is 5.56 Å². The van der Waals surface area contributed by atoms with Crippen LogP contribution in [0.4, 0.5) is 0 Å². The Labute approximate surface area is 116 Å². The topological polar surface area (TPSA) is 52.1 Å². The van der Waals surface area contributed by atoms with Crippen LogP contribution in [0.25, 0.3) is 0 Å². The number of aryl methyl sites for hydroxylation is 1. The largest absolute Gasteiger partial charge is 0.491 e. The second-order valence-electron chi connectivity index (χ2n) is 4.43. The van der Waals surface area contributed by atoms with Crippen LogP contribution in [-0.4, -0.2) is 21.5 Å². The number of carbonyl (C=O) groups is 1. The van der Waals surface area contributed by atoms with Gasteiger partial charge in [-0.05, 0) is 43.9 Å². The SMILES string of the molecule is CCc1nnsc1C(=O)c1cccc(OC(C)C)c1. The van der Waals surface area contributed by atoms with Crippen molar-refractivity contribution in [2.75, 3.05) is 0 Å². The van der Waals surface area contributed by atoms with Gasteiger partial charge in [0.2, 0.25) is 5.78 Å². The average molecular weight is 276 g/mol. The van der Waals surface area contributed by atoms with E-state index in [1.807, 2.05) is 32.9 Å². The Bertz CT molecular complexity index is 578. The van der Waals surface area contributed by atoms with E-state index in [1.165, 1.54) is 0 Å². The predicted molar refractivity (Wildman–Crippen MR) is 74.9 cm³/mol. The highest BCUT2D eigenvalue weighted by Crippen LogP contribution is 2.21. The first-order chi connectivity index (χ1) is 9.11. The van der Waals surface area contributed by atoms with E-state index < -0.39 is 0 Å². The van der Waals surface area contributed by atoms with Crippen LogP contribution in [0.1, 0.15) is 41.7 Å². The number of aromatic nitrogens is 2. The monoisotopic (exact) mass is 276 g/mol. The molecule has 0 aliphatic heterocycles. The first kappa shape index (κ1) is 13.7. The van der Waals surface area contributed by atoms with Crippen LogP contribution in [0, 0.1) is 0 Å². The lowest BCUT2D eigenvalue weighted by Crippen LogP contribution is -2.07. The summed E-state index contributed by atoms with van der Waals surface area (Å²) in [7, 11) is 0. The van der Waals surface area contributed by atoms with E-state index >= 15 is 0 Å². The van der Waals surface area contributed by atoms with Crippen molar-refractivity contribution in [3.05, 3.63) is 40.4 Å². The molecule has 19 heavy (non-hydrogen) atoms. The zero-order valence-electron chi connectivity index (χ0n) is 11.2. The summed E-state index contributed by atoms with van der Waals surface area (Å²) in [6.07, 6.45) is 0.793. The molecule has 0 saturated heterocycles. The third kappa shape index (κ3) is 3.17. The molecule has 5 heteroatoms. The summed E-state index contributed by atoms with van der Waals surface area (Å²) >= 11 is 1.15. The Balaban J connectivity index is 2.29. The van der Waals surface area contributed by atoms with Crippen LogP contribution in [0.2, 0.25) is 0 Å². The summed E-state index contributed by atoms with van der Waals surface area (Å²) < 4.78 is 9.45. The fraction of sp³-hybridized carbons (Fsp3) is 0.357. The van der Waals surface area contributed by atoms with Crippen molar-refractivity contribution in [1.82, 2.24) is 9.59 Å². The smallest absolute Gasteiger partial charge is 0.206 e. The van der Waals surface area contributed by atoms with Crippen molar-refractivity contribution in [1.29, 1.82) is 0 Å². The molecule has 2 aromatic rings. The molecular weight excluding hydrogens is 260 g/mol. The number of hydrogen-bond acceptors (Lipinski definition) is 5. The van der Waals surface area contributed by atoms with E-state index in [-0.39, 0.29) is 11.9 Å². The van der Waals surface area contributed by atoms with Crippen LogP contribution < -0.4 is 4.74 Å². The number of carbonyl (C=O) groups excluding carboxylic acids is 1. The maximum absolute atomic E-state index is 12.4. The lowest BCUT2D eigenvalue weighted by molar-refractivity contribution is 0.104. The van der Waals surface area contributed by atoms with Crippen LogP contribution in [-0.2, 0) is 6.42 Å². The van der Waals surface area contributed by atoms with E-state index in [0.29, 0.717) is 22.6 Å². The second-order valence-corrected chi connectivity index (χ2v) is 5.18. The van der Waals surface area contributed by atoms with Gasteiger partial charge in [-0.15, -0.1) is 5.10 Å². The van der Waals surface area contributed by atoms with E-state index in [0.717, 1.165) is 17.2 Å². The number of ketones is 1. The lowest BCUT2D eigenvalue weighted by atomic mass is 10.1. The highest BCUT2D eigenvalue weighted by Gasteiger charge is 2.17. The van der Waals surface area contributed by atoms with Gasteiger partial charge in [0.25, 0.3) is 0 Å². The van der Waals surface area contributed by atoms with Gasteiger partial charge >= 0.3 is 0 Å². The zero-order chi connectivity index (χ0) is 13.8. The molecule has 2 rings (SSSR count). The third-order valence-corrected chi connectivity index (χ3v) is 3.33. The van der Waals surface area contributed by atoms with Gasteiger partial charge in [-0.1, -0.05) is 23.5 Å². The molecule has 100 valence electrons. The Morgan fingerprint density at radius 1 is 1.42 bits per heavy atom. The van der Waals surface area contributed by atoms with Gasteiger partial charge in [0.15, 0.2) is 0 Å². The van der Waals surface area contributed by atoms with Crippen LogP contribution in [0.3, 0.4) is 0 Å². The summed E-state index contributed by atoms with van der Waals surface area (Å²) in [6.45, 7) is 5.87. The fourth-order valence-electron chi connectivity index (χ4n) is 1.73. The number of benzene rings is 1. The molecule has 0 saturated carbocycles. The van der Waals surface area contributed by atoms with E-state index in [4.69, 9.17) is 4.74 Å². The van der Waals surface area contributed by atoms with Crippen molar-refractivity contribution in [3.63, 3.8) is 0 Å². The Kier molecular flexibility index (Phi) is 4.27. The maximum atomic E-state index is 12.4. The predicted octanol–water partition coefficient (Wildman–Crippen LogP) is 3.12. The molecule has 0 radical (unpaired) electrons. The first-order valence-corrected chi connectivity index (χ1v) is 7.01. The second kappa shape index (κ2) is 5.93. The molecule has 0 aliphatic rings. The minimum atomic E-state index is -0.0407. The zero-order valence-corrected chi connectivity index (χ0v) is 12.0. The quantitative estimate of drug-likeness (QED) is 0.787. The van der Waals surface area contributed by atoms with E-state index in [1.54, 1.807) is 12.1 Å². The molecule has 4 nitrogen and oxygen atoms in total. The number of nitrogens with zero attached hydrogens (tertiary/aromatic N) is 2. The van der Waals surface area contributed by atoms with Crippen molar-refractivity contribution < 1.29 is 9.53 Å². The van der Waals surface area contributed by atoms with Gasteiger partial charge in [-0.3, -0.25) is 4.79 Å². The minimum Gasteiger partial charge on any atom is -0.491 e. The molecule has 0 unspecified atom stereocenters. The van der Waals surface area contributed by atoms with Gasteiger partial charge in [0.1, 0.15) is 10.6 Å². The Hall–Kier alpha value is -1.75. The average Bonchev–Trinajstić information content (AvgIpc) is 2.85. The normalized spacial score (nSPS) is 10.7. The van der Waals surface area contributed by atoms with Crippen LogP contribution >= 0.6 is 11.5 Å². The summed E-state index contributed by atoms with van der Waals surface area (Å²) in [5.41, 5.74) is 1.36. The molecule has 0 spiro atoms. The Morgan fingerprint density at radius 2 is 2.21 bits per heavy atom. The molecule has 0 N–H and O–H groups in total. The summed E-state index contributed by atoms with van der Waals surface area (Å²) in [5, 5.41) is 3.97. The maximum Gasteiger partial charge on any atom is 0.206 e. The number of rotatable bonds is 5. The lowest BCUT2D eigenvalue weighted by Gasteiger charge is -2.10.